The largest absolute Gasteiger partial charge is 0.462 e. The first-order valence-electron chi connectivity index (χ1n) is 7.66. The van der Waals surface area contributed by atoms with E-state index in [9.17, 15) is 9.59 Å². The third kappa shape index (κ3) is 3.01. The molecule has 0 fully saturated rings. The van der Waals surface area contributed by atoms with Gasteiger partial charge in [0.25, 0.3) is 0 Å². The van der Waals surface area contributed by atoms with Gasteiger partial charge in [0.1, 0.15) is 0 Å². The van der Waals surface area contributed by atoms with E-state index >= 15 is 0 Å². The van der Waals surface area contributed by atoms with Crippen molar-refractivity contribution in [3.05, 3.63) is 71.1 Å². The maximum absolute atomic E-state index is 12.6. The monoisotopic (exact) mass is 336 g/mol. The van der Waals surface area contributed by atoms with Gasteiger partial charge in [-0.3, -0.25) is 4.79 Å². The summed E-state index contributed by atoms with van der Waals surface area (Å²) in [4.78, 5) is 25.6. The van der Waals surface area contributed by atoms with Crippen LogP contribution in [-0.4, -0.2) is 18.9 Å². The van der Waals surface area contributed by atoms with Gasteiger partial charge in [0.05, 0.1) is 21.9 Å². The molecule has 3 rings (SSSR count). The van der Waals surface area contributed by atoms with Crippen molar-refractivity contribution in [2.75, 3.05) is 6.61 Å². The predicted octanol–water partition coefficient (Wildman–Crippen LogP) is 5.07. The van der Waals surface area contributed by atoms with Gasteiger partial charge >= 0.3 is 5.97 Å². The number of hydrogen-bond acceptors (Lipinski definition) is 4. The van der Waals surface area contributed by atoms with Gasteiger partial charge in [-0.25, -0.2) is 4.79 Å². The molecular formula is C20H16O3S. The molecule has 0 saturated carbocycles. The van der Waals surface area contributed by atoms with Gasteiger partial charge in [-0.2, -0.15) is 0 Å². The third-order valence-electron chi connectivity index (χ3n) is 3.62. The maximum Gasteiger partial charge on any atom is 0.340 e. The minimum atomic E-state index is -0.403. The molecule has 0 atom stereocenters. The summed E-state index contributed by atoms with van der Waals surface area (Å²) in [6.07, 6.45) is 0.808. The van der Waals surface area contributed by atoms with Gasteiger partial charge < -0.3 is 4.74 Å². The van der Waals surface area contributed by atoms with E-state index in [-0.39, 0.29) is 6.61 Å². The van der Waals surface area contributed by atoms with Crippen LogP contribution in [0.2, 0.25) is 0 Å². The van der Waals surface area contributed by atoms with Gasteiger partial charge in [-0.1, -0.05) is 60.7 Å². The molecule has 3 aromatic rings. The Kier molecular flexibility index (Phi) is 4.87. The molecule has 0 amide bonds. The normalized spacial score (nSPS) is 10.4. The van der Waals surface area contributed by atoms with Crippen molar-refractivity contribution in [1.82, 2.24) is 0 Å². The van der Waals surface area contributed by atoms with Gasteiger partial charge in [0.15, 0.2) is 6.29 Å². The van der Waals surface area contributed by atoms with Crippen LogP contribution < -0.4 is 0 Å². The van der Waals surface area contributed by atoms with Crippen LogP contribution in [-0.2, 0) is 4.74 Å². The minimum absolute atomic E-state index is 0.285. The number of benzene rings is 2. The molecule has 1 heterocycles. The van der Waals surface area contributed by atoms with Crippen LogP contribution in [0.15, 0.2) is 60.7 Å². The van der Waals surface area contributed by atoms with E-state index in [2.05, 4.69) is 0 Å². The van der Waals surface area contributed by atoms with Crippen LogP contribution in [0.25, 0.3) is 21.6 Å². The predicted molar refractivity (Wildman–Crippen MR) is 96.5 cm³/mol. The molecule has 1 aromatic heterocycles. The molecule has 0 spiro atoms. The lowest BCUT2D eigenvalue weighted by Gasteiger charge is -2.08. The van der Waals surface area contributed by atoms with E-state index < -0.39 is 5.97 Å². The highest BCUT2D eigenvalue weighted by atomic mass is 32.1. The van der Waals surface area contributed by atoms with E-state index in [4.69, 9.17) is 4.74 Å². The molecule has 4 heteroatoms. The Morgan fingerprint density at radius 2 is 1.58 bits per heavy atom. The number of ether oxygens (including phenoxy) is 1. The number of esters is 1. The quantitative estimate of drug-likeness (QED) is 0.482. The van der Waals surface area contributed by atoms with Crippen molar-refractivity contribution < 1.29 is 14.3 Å². The molecule has 24 heavy (non-hydrogen) atoms. The van der Waals surface area contributed by atoms with Gasteiger partial charge in [0.2, 0.25) is 0 Å². The summed E-state index contributed by atoms with van der Waals surface area (Å²) < 4.78 is 5.26. The summed E-state index contributed by atoms with van der Waals surface area (Å²) in [5.74, 6) is -0.403. The first kappa shape index (κ1) is 16.1. The Balaban J connectivity index is 2.29. The Bertz CT molecular complexity index is 851. The minimum Gasteiger partial charge on any atom is -0.462 e. The molecule has 0 aliphatic carbocycles. The topological polar surface area (TPSA) is 43.4 Å². The fraction of sp³-hybridized carbons (Fsp3) is 0.100. The van der Waals surface area contributed by atoms with Gasteiger partial charge in [-0.05, 0) is 18.1 Å². The molecule has 0 N–H and O–H groups in total. The van der Waals surface area contributed by atoms with Gasteiger partial charge in [0, 0.05) is 5.56 Å². The smallest absolute Gasteiger partial charge is 0.340 e. The molecule has 0 unspecified atom stereocenters. The number of rotatable bonds is 5. The van der Waals surface area contributed by atoms with Crippen LogP contribution in [0, 0.1) is 0 Å². The van der Waals surface area contributed by atoms with E-state index in [0.29, 0.717) is 16.0 Å². The zero-order valence-electron chi connectivity index (χ0n) is 13.2. The second kappa shape index (κ2) is 7.23. The summed E-state index contributed by atoms with van der Waals surface area (Å²) in [5, 5.41) is 0. The van der Waals surface area contributed by atoms with Crippen molar-refractivity contribution in [3.8, 4) is 21.6 Å². The summed E-state index contributed by atoms with van der Waals surface area (Å²) in [6.45, 7) is 2.06. The Morgan fingerprint density at radius 1 is 1.00 bits per heavy atom. The molecule has 3 nitrogen and oxygen atoms in total. The summed E-state index contributed by atoms with van der Waals surface area (Å²) >= 11 is 1.32. The number of thiophene rings is 1. The van der Waals surface area contributed by atoms with Crippen LogP contribution in [0.4, 0.5) is 0 Å². The number of carbonyl (C=O) groups is 2. The Morgan fingerprint density at radius 3 is 2.12 bits per heavy atom. The molecule has 2 aromatic carbocycles. The third-order valence-corrected chi connectivity index (χ3v) is 4.78. The fourth-order valence-electron chi connectivity index (χ4n) is 2.61. The standard InChI is InChI=1S/C20H16O3S/c1-2-23-20(22)18-17(14-9-5-3-6-10-14)16(13-21)24-19(18)15-11-7-4-8-12-15/h3-13H,2H2,1H3. The average molecular weight is 336 g/mol. The lowest BCUT2D eigenvalue weighted by Crippen LogP contribution is -2.06. The van der Waals surface area contributed by atoms with Crippen LogP contribution in [0.1, 0.15) is 27.0 Å². The number of carbonyl (C=O) groups excluding carboxylic acids is 2. The summed E-state index contributed by atoms with van der Waals surface area (Å²) in [7, 11) is 0. The van der Waals surface area contributed by atoms with E-state index in [1.165, 1.54) is 11.3 Å². The van der Waals surface area contributed by atoms with Crippen molar-refractivity contribution in [2.24, 2.45) is 0 Å². The average Bonchev–Trinajstić information content (AvgIpc) is 3.03. The van der Waals surface area contributed by atoms with Crippen molar-refractivity contribution >= 4 is 23.6 Å². The number of hydrogen-bond donors (Lipinski definition) is 0. The second-order valence-corrected chi connectivity index (χ2v) is 6.17. The second-order valence-electron chi connectivity index (χ2n) is 5.12. The maximum atomic E-state index is 12.6. The van der Waals surface area contributed by atoms with E-state index in [1.807, 2.05) is 60.7 Å². The molecular weight excluding hydrogens is 320 g/mol. The molecule has 0 bridgehead atoms. The molecule has 0 saturated heterocycles. The highest BCUT2D eigenvalue weighted by Gasteiger charge is 2.26. The fourth-order valence-corrected chi connectivity index (χ4v) is 3.75. The molecule has 0 radical (unpaired) electrons. The van der Waals surface area contributed by atoms with Gasteiger partial charge in [-0.15, -0.1) is 11.3 Å². The SMILES string of the molecule is CCOC(=O)c1c(-c2ccccc2)sc(C=O)c1-c1ccccc1. The zero-order valence-corrected chi connectivity index (χ0v) is 14.0. The summed E-state index contributed by atoms with van der Waals surface area (Å²) in [5.41, 5.74) is 2.84. The Labute approximate surface area is 144 Å². The highest BCUT2D eigenvalue weighted by molar-refractivity contribution is 7.18. The first-order chi connectivity index (χ1) is 11.8. The lowest BCUT2D eigenvalue weighted by atomic mass is 9.98. The van der Waals surface area contributed by atoms with Crippen LogP contribution in [0.3, 0.4) is 0 Å². The van der Waals surface area contributed by atoms with Crippen molar-refractivity contribution in [2.45, 2.75) is 6.92 Å². The molecule has 0 aliphatic heterocycles. The first-order valence-corrected chi connectivity index (χ1v) is 8.47. The Hall–Kier alpha value is -2.72. The summed E-state index contributed by atoms with van der Waals surface area (Å²) in [6, 6.07) is 19.1. The van der Waals surface area contributed by atoms with Crippen LogP contribution in [0.5, 0.6) is 0 Å². The molecule has 120 valence electrons. The van der Waals surface area contributed by atoms with Crippen molar-refractivity contribution in [3.63, 3.8) is 0 Å². The molecule has 0 aliphatic rings. The lowest BCUT2D eigenvalue weighted by molar-refractivity contribution is 0.0528. The van der Waals surface area contributed by atoms with Crippen molar-refractivity contribution in [1.29, 1.82) is 0 Å². The van der Waals surface area contributed by atoms with E-state index in [0.717, 1.165) is 22.3 Å². The highest BCUT2D eigenvalue weighted by Crippen LogP contribution is 2.42. The zero-order chi connectivity index (χ0) is 16.9. The number of aldehydes is 1. The van der Waals surface area contributed by atoms with E-state index in [1.54, 1.807) is 6.92 Å². The van der Waals surface area contributed by atoms with Crippen LogP contribution >= 0.6 is 11.3 Å².